The Balaban J connectivity index is 1.15. The number of nitrogens with one attached hydrogen (secondary N) is 1. The standard InChI is InChI=1S/C26H38N4O4/c1-20(16-27-25(33)34-19-21-6-4-3-5-7-21)23(31)29-12-8-26(9-13-29)10-14-30(15-11-26)24(32)22-17-28(2)18-22/h3-7,20,22H,8-19H2,1-2H3,(H,27,33)/t20-/m0/s1. The number of nitrogens with zero attached hydrogens (tertiary/aromatic N) is 3. The van der Waals surface area contributed by atoms with Gasteiger partial charge in [0.15, 0.2) is 0 Å². The van der Waals surface area contributed by atoms with E-state index < -0.39 is 6.09 Å². The number of hydrogen-bond donors (Lipinski definition) is 1. The molecule has 3 saturated heterocycles. The number of piperidine rings is 2. The van der Waals surface area contributed by atoms with E-state index in [1.807, 2.05) is 42.2 Å². The van der Waals surface area contributed by atoms with Gasteiger partial charge in [0.2, 0.25) is 11.8 Å². The lowest BCUT2D eigenvalue weighted by Crippen LogP contribution is -2.56. The molecule has 0 radical (unpaired) electrons. The molecule has 0 bridgehead atoms. The van der Waals surface area contributed by atoms with Gasteiger partial charge in [-0.1, -0.05) is 37.3 Å². The summed E-state index contributed by atoms with van der Waals surface area (Å²) in [7, 11) is 2.05. The number of amides is 3. The molecule has 0 aliphatic carbocycles. The van der Waals surface area contributed by atoms with Crippen molar-refractivity contribution >= 4 is 17.9 Å². The minimum Gasteiger partial charge on any atom is -0.445 e. The minimum absolute atomic E-state index is 0.0833. The predicted octanol–water partition coefficient (Wildman–Crippen LogP) is 2.34. The van der Waals surface area contributed by atoms with E-state index in [1.165, 1.54) is 0 Å². The molecule has 1 aromatic rings. The monoisotopic (exact) mass is 470 g/mol. The van der Waals surface area contributed by atoms with Gasteiger partial charge < -0.3 is 24.8 Å². The summed E-state index contributed by atoms with van der Waals surface area (Å²) in [6.45, 7) is 7.30. The highest BCUT2D eigenvalue weighted by Gasteiger charge is 2.42. The van der Waals surface area contributed by atoms with Gasteiger partial charge in [0, 0.05) is 45.8 Å². The molecule has 1 spiro atoms. The number of likely N-dealkylation sites (tertiary alicyclic amines) is 3. The Labute approximate surface area is 202 Å². The SMILES string of the molecule is C[C@@H](CNC(=O)OCc1ccccc1)C(=O)N1CCC2(CCN(C(=O)C3CN(C)C3)CC2)CC1. The van der Waals surface area contributed by atoms with E-state index in [1.54, 1.807) is 0 Å². The molecule has 1 aromatic carbocycles. The van der Waals surface area contributed by atoms with Crippen molar-refractivity contribution in [2.24, 2.45) is 17.3 Å². The topological polar surface area (TPSA) is 82.2 Å². The number of rotatable bonds is 6. The third-order valence-corrected chi connectivity index (χ3v) is 7.87. The second kappa shape index (κ2) is 10.8. The second-order valence-electron chi connectivity index (χ2n) is 10.4. The Morgan fingerprint density at radius 2 is 1.59 bits per heavy atom. The van der Waals surface area contributed by atoms with Gasteiger partial charge in [0.25, 0.3) is 0 Å². The van der Waals surface area contributed by atoms with Crippen molar-refractivity contribution in [3.63, 3.8) is 0 Å². The number of benzene rings is 1. The first-order valence-corrected chi connectivity index (χ1v) is 12.6. The van der Waals surface area contributed by atoms with E-state index in [2.05, 4.69) is 22.2 Å². The maximum atomic E-state index is 12.9. The van der Waals surface area contributed by atoms with Crippen LogP contribution in [0.5, 0.6) is 0 Å². The highest BCUT2D eigenvalue weighted by atomic mass is 16.5. The van der Waals surface area contributed by atoms with Gasteiger partial charge in [-0.2, -0.15) is 0 Å². The molecule has 34 heavy (non-hydrogen) atoms. The highest BCUT2D eigenvalue weighted by molar-refractivity contribution is 5.80. The predicted molar refractivity (Wildman–Crippen MR) is 129 cm³/mol. The molecule has 0 saturated carbocycles. The maximum absolute atomic E-state index is 12.9. The molecule has 1 atom stereocenters. The van der Waals surface area contributed by atoms with E-state index in [-0.39, 0.29) is 36.3 Å². The molecule has 3 amide bonds. The first-order valence-electron chi connectivity index (χ1n) is 12.6. The quantitative estimate of drug-likeness (QED) is 0.690. The molecule has 0 unspecified atom stereocenters. The van der Waals surface area contributed by atoms with E-state index in [0.29, 0.717) is 5.91 Å². The zero-order valence-electron chi connectivity index (χ0n) is 20.5. The first-order chi connectivity index (χ1) is 16.3. The van der Waals surface area contributed by atoms with Crippen LogP contribution >= 0.6 is 0 Å². The second-order valence-corrected chi connectivity index (χ2v) is 10.4. The van der Waals surface area contributed by atoms with Gasteiger partial charge in [0.05, 0.1) is 11.8 Å². The first kappa shape index (κ1) is 24.5. The van der Waals surface area contributed by atoms with Gasteiger partial charge >= 0.3 is 6.09 Å². The number of carbonyl (C=O) groups excluding carboxylic acids is 3. The molecule has 4 rings (SSSR count). The van der Waals surface area contributed by atoms with Gasteiger partial charge in [-0.25, -0.2) is 4.79 Å². The number of hydrogen-bond acceptors (Lipinski definition) is 5. The van der Waals surface area contributed by atoms with Crippen LogP contribution in [0.25, 0.3) is 0 Å². The van der Waals surface area contributed by atoms with Crippen LogP contribution in [0, 0.1) is 17.3 Å². The lowest BCUT2D eigenvalue weighted by Gasteiger charge is -2.48. The Morgan fingerprint density at radius 3 is 2.18 bits per heavy atom. The molecule has 3 aliphatic heterocycles. The summed E-state index contributed by atoms with van der Waals surface area (Å²) in [4.78, 5) is 43.7. The largest absolute Gasteiger partial charge is 0.445 e. The van der Waals surface area contributed by atoms with Crippen molar-refractivity contribution < 1.29 is 19.1 Å². The van der Waals surface area contributed by atoms with Crippen LogP contribution in [0.2, 0.25) is 0 Å². The van der Waals surface area contributed by atoms with Crippen LogP contribution in [0.1, 0.15) is 38.2 Å². The van der Waals surface area contributed by atoms with E-state index in [9.17, 15) is 14.4 Å². The fourth-order valence-electron chi connectivity index (χ4n) is 5.43. The Hall–Kier alpha value is -2.61. The van der Waals surface area contributed by atoms with Gasteiger partial charge in [-0.15, -0.1) is 0 Å². The normalized spacial score (nSPS) is 21.6. The molecule has 3 aliphatic rings. The molecule has 3 fully saturated rings. The molecule has 186 valence electrons. The number of alkyl carbamates (subject to hydrolysis) is 1. The summed E-state index contributed by atoms with van der Waals surface area (Å²) >= 11 is 0. The molecular formula is C26H38N4O4. The van der Waals surface area contributed by atoms with Crippen LogP contribution in [0.3, 0.4) is 0 Å². The Kier molecular flexibility index (Phi) is 7.76. The third kappa shape index (κ3) is 5.90. The minimum atomic E-state index is -0.504. The average molecular weight is 471 g/mol. The van der Waals surface area contributed by atoms with Crippen molar-refractivity contribution in [3.8, 4) is 0 Å². The Bertz CT molecular complexity index is 853. The van der Waals surface area contributed by atoms with Crippen LogP contribution in [-0.2, 0) is 20.9 Å². The maximum Gasteiger partial charge on any atom is 0.407 e. The van der Waals surface area contributed by atoms with Crippen molar-refractivity contribution in [1.29, 1.82) is 0 Å². The summed E-state index contributed by atoms with van der Waals surface area (Å²) in [5.74, 6) is 0.298. The lowest BCUT2D eigenvalue weighted by atomic mass is 9.71. The van der Waals surface area contributed by atoms with Gasteiger partial charge in [-0.05, 0) is 43.7 Å². The van der Waals surface area contributed by atoms with Crippen LogP contribution < -0.4 is 5.32 Å². The molecular weight excluding hydrogens is 432 g/mol. The van der Waals surface area contributed by atoms with E-state index in [0.717, 1.165) is 70.5 Å². The molecule has 3 heterocycles. The van der Waals surface area contributed by atoms with Crippen LogP contribution in [0.4, 0.5) is 4.79 Å². The van der Waals surface area contributed by atoms with Gasteiger partial charge in [0.1, 0.15) is 6.61 Å². The number of carbonyl (C=O) groups is 3. The zero-order chi connectivity index (χ0) is 24.1. The Morgan fingerprint density at radius 1 is 1.00 bits per heavy atom. The fourth-order valence-corrected chi connectivity index (χ4v) is 5.43. The summed E-state index contributed by atoms with van der Waals surface area (Å²) in [5.41, 5.74) is 1.18. The summed E-state index contributed by atoms with van der Waals surface area (Å²) < 4.78 is 5.23. The summed E-state index contributed by atoms with van der Waals surface area (Å²) in [5, 5.41) is 2.72. The van der Waals surface area contributed by atoms with Crippen molar-refractivity contribution in [2.75, 3.05) is 52.9 Å². The van der Waals surface area contributed by atoms with Crippen LogP contribution in [0.15, 0.2) is 30.3 Å². The number of ether oxygens (including phenoxy) is 1. The van der Waals surface area contributed by atoms with E-state index >= 15 is 0 Å². The molecule has 8 nitrogen and oxygen atoms in total. The van der Waals surface area contributed by atoms with Crippen LogP contribution in [-0.4, -0.2) is 85.5 Å². The highest BCUT2D eigenvalue weighted by Crippen LogP contribution is 2.41. The lowest BCUT2D eigenvalue weighted by molar-refractivity contribution is -0.144. The molecule has 0 aromatic heterocycles. The third-order valence-electron chi connectivity index (χ3n) is 7.87. The average Bonchev–Trinajstić information content (AvgIpc) is 2.85. The van der Waals surface area contributed by atoms with Crippen molar-refractivity contribution in [3.05, 3.63) is 35.9 Å². The van der Waals surface area contributed by atoms with Crippen molar-refractivity contribution in [1.82, 2.24) is 20.0 Å². The smallest absolute Gasteiger partial charge is 0.407 e. The summed E-state index contributed by atoms with van der Waals surface area (Å²) in [6.07, 6.45) is 3.55. The fraction of sp³-hybridized carbons (Fsp3) is 0.654. The van der Waals surface area contributed by atoms with E-state index in [4.69, 9.17) is 4.74 Å². The summed E-state index contributed by atoms with van der Waals surface area (Å²) in [6, 6.07) is 9.52. The molecule has 8 heteroatoms. The van der Waals surface area contributed by atoms with Crippen molar-refractivity contribution in [2.45, 2.75) is 39.2 Å². The zero-order valence-corrected chi connectivity index (χ0v) is 20.5. The van der Waals surface area contributed by atoms with Gasteiger partial charge in [-0.3, -0.25) is 9.59 Å². The molecule has 1 N–H and O–H groups in total.